The molecule has 6 heteroatoms. The zero-order chi connectivity index (χ0) is 19.7. The molecule has 0 unspecified atom stereocenters. The highest BCUT2D eigenvalue weighted by Crippen LogP contribution is 2.34. The van der Waals surface area contributed by atoms with E-state index in [2.05, 4.69) is 9.88 Å². The number of rotatable bonds is 5. The Labute approximate surface area is 176 Å². The lowest BCUT2D eigenvalue weighted by atomic mass is 9.94. The van der Waals surface area contributed by atoms with Crippen LogP contribution >= 0.6 is 23.2 Å². The Bertz CT molecular complexity index is 843. The molecule has 1 amide bonds. The van der Waals surface area contributed by atoms with Crippen molar-refractivity contribution in [1.82, 2.24) is 4.98 Å². The number of amides is 1. The third kappa shape index (κ3) is 4.44. The molecule has 4 rings (SSSR count). The number of aromatic nitrogens is 1. The Morgan fingerprint density at radius 3 is 2.43 bits per heavy atom. The molecule has 148 valence electrons. The van der Waals surface area contributed by atoms with E-state index in [1.807, 2.05) is 42.2 Å². The molecule has 0 radical (unpaired) electrons. The van der Waals surface area contributed by atoms with E-state index in [4.69, 9.17) is 23.2 Å². The van der Waals surface area contributed by atoms with E-state index in [9.17, 15) is 4.79 Å². The van der Waals surface area contributed by atoms with Crippen LogP contribution in [0, 0.1) is 18.8 Å². The number of hydrogen-bond acceptors (Lipinski definition) is 3. The van der Waals surface area contributed by atoms with Crippen molar-refractivity contribution in [2.45, 2.75) is 32.6 Å². The first-order valence-electron chi connectivity index (χ1n) is 9.95. The third-order valence-corrected chi connectivity index (χ3v) is 6.39. The smallest absolute Gasteiger partial charge is 0.230 e. The number of anilines is 2. The Morgan fingerprint density at radius 1 is 1.14 bits per heavy atom. The van der Waals surface area contributed by atoms with Crippen LogP contribution in [0.2, 0.25) is 10.0 Å². The van der Waals surface area contributed by atoms with Crippen molar-refractivity contribution in [3.05, 3.63) is 52.1 Å². The van der Waals surface area contributed by atoms with Gasteiger partial charge >= 0.3 is 0 Å². The summed E-state index contributed by atoms with van der Waals surface area (Å²) in [6.07, 6.45) is 5.84. The minimum atomic E-state index is 0.0547. The molecule has 1 saturated heterocycles. The maximum Gasteiger partial charge on any atom is 0.230 e. The minimum absolute atomic E-state index is 0.0547. The van der Waals surface area contributed by atoms with Crippen LogP contribution in [0.1, 0.15) is 31.2 Å². The van der Waals surface area contributed by atoms with Crippen molar-refractivity contribution in [1.29, 1.82) is 0 Å². The molecule has 2 fully saturated rings. The van der Waals surface area contributed by atoms with Crippen molar-refractivity contribution < 1.29 is 4.79 Å². The fourth-order valence-corrected chi connectivity index (χ4v) is 4.00. The maximum absolute atomic E-state index is 13.3. The molecule has 0 spiro atoms. The van der Waals surface area contributed by atoms with Gasteiger partial charge in [0, 0.05) is 42.5 Å². The van der Waals surface area contributed by atoms with E-state index in [1.54, 1.807) is 6.20 Å². The van der Waals surface area contributed by atoms with Gasteiger partial charge in [0.25, 0.3) is 0 Å². The molecule has 1 aromatic heterocycles. The second-order valence-corrected chi connectivity index (χ2v) is 8.77. The molecule has 2 aliphatic rings. The molecule has 1 aromatic carbocycles. The summed E-state index contributed by atoms with van der Waals surface area (Å²) in [5.74, 6) is 1.88. The van der Waals surface area contributed by atoms with Crippen LogP contribution in [0.25, 0.3) is 0 Å². The topological polar surface area (TPSA) is 36.4 Å². The number of aryl methyl sites for hydroxylation is 1. The SMILES string of the molecule is Cc1cc(N2CCC(C(=O)N(CC3CC3)c3ccc(Cl)cc3)CC2)ncc1Cl. The highest BCUT2D eigenvalue weighted by molar-refractivity contribution is 6.31. The largest absolute Gasteiger partial charge is 0.357 e. The normalized spacial score (nSPS) is 17.6. The number of halogens is 2. The van der Waals surface area contributed by atoms with E-state index >= 15 is 0 Å². The fourth-order valence-electron chi connectivity index (χ4n) is 3.78. The number of pyridine rings is 1. The number of carbonyl (C=O) groups excluding carboxylic acids is 1. The summed E-state index contributed by atoms with van der Waals surface area (Å²) in [4.78, 5) is 22.0. The van der Waals surface area contributed by atoms with Crippen molar-refractivity contribution in [2.24, 2.45) is 11.8 Å². The zero-order valence-corrected chi connectivity index (χ0v) is 17.6. The quantitative estimate of drug-likeness (QED) is 0.656. The lowest BCUT2D eigenvalue weighted by Gasteiger charge is -2.35. The van der Waals surface area contributed by atoms with Crippen LogP contribution in [-0.2, 0) is 4.79 Å². The second-order valence-electron chi connectivity index (χ2n) is 7.92. The van der Waals surface area contributed by atoms with Crippen LogP contribution in [0.15, 0.2) is 36.5 Å². The summed E-state index contributed by atoms with van der Waals surface area (Å²) >= 11 is 12.1. The lowest BCUT2D eigenvalue weighted by molar-refractivity contribution is -0.123. The summed E-state index contributed by atoms with van der Waals surface area (Å²) in [7, 11) is 0. The molecule has 1 saturated carbocycles. The zero-order valence-electron chi connectivity index (χ0n) is 16.1. The van der Waals surface area contributed by atoms with Crippen LogP contribution in [-0.4, -0.2) is 30.5 Å². The summed E-state index contributed by atoms with van der Waals surface area (Å²) in [5, 5.41) is 1.38. The molecule has 0 atom stereocenters. The number of benzene rings is 1. The molecular weight excluding hydrogens is 393 g/mol. The van der Waals surface area contributed by atoms with E-state index in [0.717, 1.165) is 49.5 Å². The molecule has 4 nitrogen and oxygen atoms in total. The first-order valence-corrected chi connectivity index (χ1v) is 10.7. The van der Waals surface area contributed by atoms with Crippen LogP contribution in [0.3, 0.4) is 0 Å². The summed E-state index contributed by atoms with van der Waals surface area (Å²) in [6, 6.07) is 9.66. The Kier molecular flexibility index (Phi) is 5.79. The molecule has 2 heterocycles. The standard InChI is InChI=1S/C22H25Cl2N3O/c1-15-12-21(25-13-20(15)24)26-10-8-17(9-11-26)22(28)27(14-16-2-3-16)19-6-4-18(23)5-7-19/h4-7,12-13,16-17H,2-3,8-11,14H2,1H3. The average Bonchev–Trinajstić information content (AvgIpc) is 3.53. The van der Waals surface area contributed by atoms with Crippen molar-refractivity contribution in [3.63, 3.8) is 0 Å². The van der Waals surface area contributed by atoms with Gasteiger partial charge in [-0.15, -0.1) is 0 Å². The predicted molar refractivity (Wildman–Crippen MR) is 115 cm³/mol. The van der Waals surface area contributed by atoms with E-state index in [0.29, 0.717) is 16.0 Å². The van der Waals surface area contributed by atoms with Gasteiger partial charge in [-0.2, -0.15) is 0 Å². The summed E-state index contributed by atoms with van der Waals surface area (Å²) < 4.78 is 0. The number of carbonyl (C=O) groups is 1. The molecule has 0 N–H and O–H groups in total. The van der Waals surface area contributed by atoms with Crippen molar-refractivity contribution in [2.75, 3.05) is 29.4 Å². The van der Waals surface area contributed by atoms with Crippen LogP contribution < -0.4 is 9.80 Å². The van der Waals surface area contributed by atoms with Gasteiger partial charge in [0.15, 0.2) is 0 Å². The van der Waals surface area contributed by atoms with Gasteiger partial charge in [-0.1, -0.05) is 23.2 Å². The average molecular weight is 418 g/mol. The van der Waals surface area contributed by atoms with E-state index in [1.165, 1.54) is 12.8 Å². The van der Waals surface area contributed by atoms with E-state index in [-0.39, 0.29) is 11.8 Å². The number of hydrogen-bond donors (Lipinski definition) is 0. The van der Waals surface area contributed by atoms with Gasteiger partial charge in [0.05, 0.1) is 5.02 Å². The molecule has 0 bridgehead atoms. The second kappa shape index (κ2) is 8.30. The van der Waals surface area contributed by atoms with E-state index < -0.39 is 0 Å². The van der Waals surface area contributed by atoms with Crippen molar-refractivity contribution in [3.8, 4) is 0 Å². The number of nitrogens with zero attached hydrogens (tertiary/aromatic N) is 3. The van der Waals surface area contributed by atoms with Gasteiger partial charge in [0.1, 0.15) is 5.82 Å². The Morgan fingerprint density at radius 2 is 1.82 bits per heavy atom. The first-order chi connectivity index (χ1) is 13.5. The lowest BCUT2D eigenvalue weighted by Crippen LogP contribution is -2.43. The minimum Gasteiger partial charge on any atom is -0.357 e. The fraction of sp³-hybridized carbons (Fsp3) is 0.455. The predicted octanol–water partition coefficient (Wildman–Crippen LogP) is 5.36. The first kappa shape index (κ1) is 19.5. The molecule has 2 aromatic rings. The molecular formula is C22H25Cl2N3O. The molecule has 28 heavy (non-hydrogen) atoms. The van der Waals surface area contributed by atoms with Crippen LogP contribution in [0.5, 0.6) is 0 Å². The van der Waals surface area contributed by atoms with Gasteiger partial charge < -0.3 is 9.80 Å². The molecule has 1 aliphatic carbocycles. The van der Waals surface area contributed by atoms with Gasteiger partial charge in [-0.05, 0) is 74.4 Å². The Balaban J connectivity index is 1.43. The summed E-state index contributed by atoms with van der Waals surface area (Å²) in [6.45, 7) is 4.48. The third-order valence-electron chi connectivity index (χ3n) is 5.74. The number of piperidine rings is 1. The highest BCUT2D eigenvalue weighted by atomic mass is 35.5. The monoisotopic (exact) mass is 417 g/mol. The highest BCUT2D eigenvalue weighted by Gasteiger charge is 2.33. The van der Waals surface area contributed by atoms with Crippen molar-refractivity contribution >= 4 is 40.6 Å². The Hall–Kier alpha value is -1.78. The van der Waals surface area contributed by atoms with Gasteiger partial charge in [-0.3, -0.25) is 4.79 Å². The summed E-state index contributed by atoms with van der Waals surface area (Å²) in [5.41, 5.74) is 1.99. The van der Waals surface area contributed by atoms with Crippen LogP contribution in [0.4, 0.5) is 11.5 Å². The van der Waals surface area contributed by atoms with Gasteiger partial charge in [-0.25, -0.2) is 4.98 Å². The maximum atomic E-state index is 13.3. The molecule has 1 aliphatic heterocycles. The van der Waals surface area contributed by atoms with Gasteiger partial charge in [0.2, 0.25) is 5.91 Å².